The van der Waals surface area contributed by atoms with Crippen LogP contribution >= 0.6 is 0 Å². The lowest BCUT2D eigenvalue weighted by Crippen LogP contribution is -2.11. The first-order valence-corrected chi connectivity index (χ1v) is 11.7. The SMILES string of the molecule is C/C=C(/C(F)=C(\C(=C(\C)CC1=C(C)C=C(C(C)C)CC=C1)C(C)C)C(C)C)C(C)C. The molecule has 0 spiro atoms. The molecule has 0 fully saturated rings. The largest absolute Gasteiger partial charge is 0.206 e. The molecule has 0 N–H and O–H groups in total. The van der Waals surface area contributed by atoms with Crippen molar-refractivity contribution in [1.29, 1.82) is 0 Å². The van der Waals surface area contributed by atoms with E-state index in [4.69, 9.17) is 0 Å². The van der Waals surface area contributed by atoms with Gasteiger partial charge in [-0.05, 0) is 85.2 Å². The highest BCUT2D eigenvalue weighted by Crippen LogP contribution is 2.38. The van der Waals surface area contributed by atoms with Crippen molar-refractivity contribution in [3.63, 3.8) is 0 Å². The summed E-state index contributed by atoms with van der Waals surface area (Å²) in [6.07, 6.45) is 10.8. The van der Waals surface area contributed by atoms with Gasteiger partial charge in [0, 0.05) is 0 Å². The minimum absolute atomic E-state index is 0.0188. The molecule has 0 heterocycles. The molecule has 0 bridgehead atoms. The van der Waals surface area contributed by atoms with Gasteiger partial charge in [-0.3, -0.25) is 0 Å². The van der Waals surface area contributed by atoms with Gasteiger partial charge >= 0.3 is 0 Å². The van der Waals surface area contributed by atoms with Gasteiger partial charge in [-0.25, -0.2) is 4.39 Å². The highest BCUT2D eigenvalue weighted by atomic mass is 19.1. The van der Waals surface area contributed by atoms with E-state index in [0.717, 1.165) is 24.0 Å². The molecule has 0 atom stereocenters. The normalized spacial score (nSPS) is 17.7. The second kappa shape index (κ2) is 11.7. The van der Waals surface area contributed by atoms with Gasteiger partial charge in [0.25, 0.3) is 0 Å². The minimum Gasteiger partial charge on any atom is -0.206 e. The Labute approximate surface area is 186 Å². The standard InChI is InChI=1S/C29H45F/c1-12-26(19(4)5)29(30)28(21(8)9)27(20(6)7)23(11)17-25-15-13-14-24(18(2)3)16-22(25)10/h12-13,15-16,18-21H,14,17H2,1-11H3/b26-12+,27-23-,29-28+. The average Bonchev–Trinajstić information content (AvgIpc) is 2.80. The van der Waals surface area contributed by atoms with Crippen molar-refractivity contribution in [1.82, 2.24) is 0 Å². The lowest BCUT2D eigenvalue weighted by molar-refractivity contribution is 0.565. The van der Waals surface area contributed by atoms with Gasteiger partial charge in [-0.2, -0.15) is 0 Å². The van der Waals surface area contributed by atoms with Gasteiger partial charge in [-0.1, -0.05) is 90.8 Å². The number of halogens is 1. The lowest BCUT2D eigenvalue weighted by Gasteiger charge is -2.25. The van der Waals surface area contributed by atoms with Gasteiger partial charge in [0.15, 0.2) is 0 Å². The molecule has 1 heteroatoms. The minimum atomic E-state index is -0.0188. The Morgan fingerprint density at radius 1 is 0.967 bits per heavy atom. The van der Waals surface area contributed by atoms with Crippen molar-refractivity contribution < 1.29 is 4.39 Å². The summed E-state index contributed by atoms with van der Waals surface area (Å²) in [5.74, 6) is 1.13. The van der Waals surface area contributed by atoms with Crippen LogP contribution in [-0.4, -0.2) is 0 Å². The third kappa shape index (κ3) is 6.69. The molecule has 0 amide bonds. The van der Waals surface area contributed by atoms with E-state index in [1.807, 2.05) is 13.0 Å². The molecule has 0 aromatic rings. The number of allylic oxidation sites excluding steroid dienone is 12. The fraction of sp³-hybridized carbons (Fsp3) is 0.586. The van der Waals surface area contributed by atoms with Crippen LogP contribution in [0.25, 0.3) is 0 Å². The molecule has 0 aromatic carbocycles. The van der Waals surface area contributed by atoms with Gasteiger partial charge in [-0.15, -0.1) is 0 Å². The van der Waals surface area contributed by atoms with Crippen molar-refractivity contribution in [3.05, 3.63) is 69.1 Å². The molecule has 1 rings (SSSR count). The maximum Gasteiger partial charge on any atom is 0.130 e. The molecule has 0 aromatic heterocycles. The van der Waals surface area contributed by atoms with Crippen molar-refractivity contribution in [2.45, 2.75) is 89.0 Å². The van der Waals surface area contributed by atoms with E-state index in [9.17, 15) is 0 Å². The first kappa shape index (κ1) is 26.4. The van der Waals surface area contributed by atoms with Crippen molar-refractivity contribution in [2.75, 3.05) is 0 Å². The zero-order valence-electron chi connectivity index (χ0n) is 21.4. The van der Waals surface area contributed by atoms with Gasteiger partial charge in [0.05, 0.1) is 0 Å². The van der Waals surface area contributed by atoms with Crippen LogP contribution < -0.4 is 0 Å². The van der Waals surface area contributed by atoms with Crippen molar-refractivity contribution >= 4 is 0 Å². The van der Waals surface area contributed by atoms with E-state index in [0.29, 0.717) is 5.92 Å². The predicted octanol–water partition coefficient (Wildman–Crippen LogP) is 9.69. The fourth-order valence-corrected chi connectivity index (χ4v) is 4.47. The quantitative estimate of drug-likeness (QED) is 0.348. The third-order valence-corrected chi connectivity index (χ3v) is 6.11. The summed E-state index contributed by atoms with van der Waals surface area (Å²) in [4.78, 5) is 0. The topological polar surface area (TPSA) is 0 Å². The summed E-state index contributed by atoms with van der Waals surface area (Å²) in [5, 5.41) is 0. The number of rotatable bonds is 8. The van der Waals surface area contributed by atoms with E-state index in [-0.39, 0.29) is 23.6 Å². The Bertz CT molecular complexity index is 786. The lowest BCUT2D eigenvalue weighted by atomic mass is 9.80. The highest BCUT2D eigenvalue weighted by molar-refractivity contribution is 5.48. The summed E-state index contributed by atoms with van der Waals surface area (Å²) in [6, 6.07) is 0. The highest BCUT2D eigenvalue weighted by Gasteiger charge is 2.24. The zero-order valence-corrected chi connectivity index (χ0v) is 21.4. The van der Waals surface area contributed by atoms with Crippen LogP contribution in [0, 0.1) is 23.7 Å². The molecule has 0 unspecified atom stereocenters. The van der Waals surface area contributed by atoms with E-state index in [2.05, 4.69) is 87.5 Å². The van der Waals surface area contributed by atoms with E-state index in [1.165, 1.54) is 27.9 Å². The maximum absolute atomic E-state index is 15.8. The van der Waals surface area contributed by atoms with E-state index in [1.54, 1.807) is 0 Å². The molecular formula is C29H45F. The Morgan fingerprint density at radius 2 is 1.53 bits per heavy atom. The molecule has 0 radical (unpaired) electrons. The van der Waals surface area contributed by atoms with Crippen LogP contribution in [0.4, 0.5) is 4.39 Å². The van der Waals surface area contributed by atoms with Gasteiger partial charge in [0.2, 0.25) is 0 Å². The Morgan fingerprint density at radius 3 is 1.97 bits per heavy atom. The Balaban J connectivity index is 3.60. The molecule has 0 saturated heterocycles. The third-order valence-electron chi connectivity index (χ3n) is 6.11. The summed E-state index contributed by atoms with van der Waals surface area (Å²) in [7, 11) is 0. The molecule has 0 aliphatic heterocycles. The van der Waals surface area contributed by atoms with Crippen LogP contribution in [0.2, 0.25) is 0 Å². The molecule has 168 valence electrons. The summed E-state index contributed by atoms with van der Waals surface area (Å²) in [6.45, 7) is 23.6. The molecule has 0 saturated carbocycles. The zero-order chi connectivity index (χ0) is 23.2. The Kier molecular flexibility index (Phi) is 10.3. The first-order chi connectivity index (χ1) is 13.9. The molecule has 1 aliphatic rings. The summed E-state index contributed by atoms with van der Waals surface area (Å²) >= 11 is 0. The van der Waals surface area contributed by atoms with Gasteiger partial charge < -0.3 is 0 Å². The molecule has 0 nitrogen and oxygen atoms in total. The smallest absolute Gasteiger partial charge is 0.130 e. The van der Waals surface area contributed by atoms with Gasteiger partial charge in [0.1, 0.15) is 5.83 Å². The van der Waals surface area contributed by atoms with Crippen LogP contribution in [0.5, 0.6) is 0 Å². The Hall–Kier alpha value is -1.63. The molecule has 1 aliphatic carbocycles. The monoisotopic (exact) mass is 412 g/mol. The van der Waals surface area contributed by atoms with Crippen LogP contribution in [0.3, 0.4) is 0 Å². The van der Waals surface area contributed by atoms with E-state index < -0.39 is 0 Å². The van der Waals surface area contributed by atoms with Crippen LogP contribution in [-0.2, 0) is 0 Å². The van der Waals surface area contributed by atoms with Crippen LogP contribution in [0.15, 0.2) is 69.1 Å². The van der Waals surface area contributed by atoms with Crippen molar-refractivity contribution in [3.8, 4) is 0 Å². The summed E-state index contributed by atoms with van der Waals surface area (Å²) < 4.78 is 15.8. The fourth-order valence-electron chi connectivity index (χ4n) is 4.47. The predicted molar refractivity (Wildman–Crippen MR) is 133 cm³/mol. The second-order valence-electron chi connectivity index (χ2n) is 10.00. The van der Waals surface area contributed by atoms with Crippen LogP contribution in [0.1, 0.15) is 89.0 Å². The number of hydrogen-bond donors (Lipinski definition) is 0. The first-order valence-electron chi connectivity index (χ1n) is 11.7. The summed E-state index contributed by atoms with van der Waals surface area (Å²) in [5.41, 5.74) is 8.34. The molecular weight excluding hydrogens is 367 g/mol. The number of hydrogen-bond acceptors (Lipinski definition) is 0. The van der Waals surface area contributed by atoms with E-state index >= 15 is 4.39 Å². The maximum atomic E-state index is 15.8. The average molecular weight is 413 g/mol. The second-order valence-corrected chi connectivity index (χ2v) is 10.00. The molecule has 30 heavy (non-hydrogen) atoms. The van der Waals surface area contributed by atoms with Crippen molar-refractivity contribution in [2.24, 2.45) is 23.7 Å².